The lowest BCUT2D eigenvalue weighted by atomic mass is 10.4. The van der Waals surface area contributed by atoms with Gasteiger partial charge in [-0.25, -0.2) is 0 Å². The fraction of sp³-hybridized carbons (Fsp3) is 0.938. The molecule has 0 bridgehead atoms. The first-order valence-electron chi connectivity index (χ1n) is 8.48. The molecule has 0 atom stereocenters. The lowest BCUT2D eigenvalue weighted by Crippen LogP contribution is -2.38. The Labute approximate surface area is 128 Å². The van der Waals surface area contributed by atoms with Gasteiger partial charge < -0.3 is 20.1 Å². The number of ether oxygens (including phenoxy) is 2. The zero-order chi connectivity index (χ0) is 14.8. The molecule has 2 aliphatic rings. The van der Waals surface area contributed by atoms with Crippen molar-refractivity contribution in [3.8, 4) is 0 Å². The molecule has 0 aromatic heterocycles. The van der Waals surface area contributed by atoms with Gasteiger partial charge in [0.25, 0.3) is 0 Å². The van der Waals surface area contributed by atoms with Crippen molar-refractivity contribution in [2.75, 3.05) is 46.6 Å². The van der Waals surface area contributed by atoms with Gasteiger partial charge in [-0.05, 0) is 50.4 Å². The number of nitrogens with zero attached hydrogens (tertiary/aromatic N) is 1. The lowest BCUT2D eigenvalue weighted by molar-refractivity contribution is 0.122. The Morgan fingerprint density at radius 2 is 1.38 bits per heavy atom. The minimum absolute atomic E-state index is 0.843. The van der Waals surface area contributed by atoms with Crippen molar-refractivity contribution in [2.45, 2.75) is 38.5 Å². The lowest BCUT2D eigenvalue weighted by Gasteiger charge is -2.12. The summed E-state index contributed by atoms with van der Waals surface area (Å²) in [6.07, 6.45) is 7.49. The van der Waals surface area contributed by atoms with Crippen molar-refractivity contribution in [3.05, 3.63) is 0 Å². The second kappa shape index (κ2) is 10.0. The largest absolute Gasteiger partial charge is 0.381 e. The van der Waals surface area contributed by atoms with Crippen LogP contribution in [0.25, 0.3) is 0 Å². The van der Waals surface area contributed by atoms with Gasteiger partial charge in [0.2, 0.25) is 0 Å². The van der Waals surface area contributed by atoms with E-state index in [9.17, 15) is 0 Å². The molecule has 0 radical (unpaired) electrons. The third-order valence-electron chi connectivity index (χ3n) is 3.84. The summed E-state index contributed by atoms with van der Waals surface area (Å²) < 4.78 is 11.2. The molecule has 122 valence electrons. The van der Waals surface area contributed by atoms with E-state index in [2.05, 4.69) is 15.6 Å². The normalized spacial score (nSPS) is 17.6. The van der Waals surface area contributed by atoms with Crippen LogP contribution in [0.5, 0.6) is 0 Å². The highest BCUT2D eigenvalue weighted by Crippen LogP contribution is 2.29. The molecular formula is C16H31N3O2. The molecule has 2 N–H and O–H groups in total. The van der Waals surface area contributed by atoms with E-state index in [0.29, 0.717) is 0 Å². The molecule has 2 fully saturated rings. The fourth-order valence-electron chi connectivity index (χ4n) is 2.05. The average molecular weight is 297 g/mol. The van der Waals surface area contributed by atoms with Crippen LogP contribution in [0.1, 0.15) is 38.5 Å². The van der Waals surface area contributed by atoms with E-state index >= 15 is 0 Å². The summed E-state index contributed by atoms with van der Waals surface area (Å²) in [5.74, 6) is 2.59. The first-order chi connectivity index (χ1) is 10.4. The summed E-state index contributed by atoms with van der Waals surface area (Å²) in [5.41, 5.74) is 0. The zero-order valence-electron chi connectivity index (χ0n) is 13.4. The number of hydrogen-bond donors (Lipinski definition) is 2. The first kappa shape index (κ1) is 16.6. The number of nitrogens with one attached hydrogen (secondary N) is 2. The number of rotatable bonds is 12. The summed E-state index contributed by atoms with van der Waals surface area (Å²) in [7, 11) is 1.81. The minimum Gasteiger partial charge on any atom is -0.381 e. The fourth-order valence-corrected chi connectivity index (χ4v) is 2.05. The SMILES string of the molecule is CN=C(NCCCOCC1CC1)NCCCOCC1CC1. The van der Waals surface area contributed by atoms with Gasteiger partial charge in [0.1, 0.15) is 0 Å². The predicted octanol–water partition coefficient (Wildman–Crippen LogP) is 1.78. The van der Waals surface area contributed by atoms with Gasteiger partial charge in [-0.1, -0.05) is 0 Å². The van der Waals surface area contributed by atoms with E-state index < -0.39 is 0 Å². The maximum absolute atomic E-state index is 5.61. The van der Waals surface area contributed by atoms with Gasteiger partial charge in [0, 0.05) is 46.6 Å². The molecule has 0 aromatic rings. The van der Waals surface area contributed by atoms with Gasteiger partial charge in [0.05, 0.1) is 0 Å². The zero-order valence-corrected chi connectivity index (χ0v) is 13.4. The highest BCUT2D eigenvalue weighted by Gasteiger charge is 2.21. The molecule has 0 spiro atoms. The summed E-state index contributed by atoms with van der Waals surface area (Å²) in [6.45, 7) is 5.40. The van der Waals surface area contributed by atoms with Crippen molar-refractivity contribution < 1.29 is 9.47 Å². The van der Waals surface area contributed by atoms with E-state index in [0.717, 1.165) is 70.2 Å². The Morgan fingerprint density at radius 1 is 0.905 bits per heavy atom. The van der Waals surface area contributed by atoms with Crippen LogP contribution in [0.3, 0.4) is 0 Å². The summed E-state index contributed by atoms with van der Waals surface area (Å²) >= 11 is 0. The highest BCUT2D eigenvalue weighted by molar-refractivity contribution is 5.79. The van der Waals surface area contributed by atoms with Crippen LogP contribution in [0.4, 0.5) is 0 Å². The highest BCUT2D eigenvalue weighted by atomic mass is 16.5. The van der Waals surface area contributed by atoms with Gasteiger partial charge in [-0.15, -0.1) is 0 Å². The molecule has 5 nitrogen and oxygen atoms in total. The Morgan fingerprint density at radius 3 is 1.76 bits per heavy atom. The van der Waals surface area contributed by atoms with E-state index in [1.807, 2.05) is 7.05 Å². The van der Waals surface area contributed by atoms with E-state index in [4.69, 9.17) is 9.47 Å². The maximum Gasteiger partial charge on any atom is 0.190 e. The van der Waals surface area contributed by atoms with Gasteiger partial charge in [-0.2, -0.15) is 0 Å². The van der Waals surface area contributed by atoms with Crippen molar-refractivity contribution in [1.82, 2.24) is 10.6 Å². The monoisotopic (exact) mass is 297 g/mol. The van der Waals surface area contributed by atoms with Crippen molar-refractivity contribution in [2.24, 2.45) is 16.8 Å². The Bertz CT molecular complexity index is 276. The Balaban J connectivity index is 1.34. The standard InChI is InChI=1S/C16H31N3O2/c1-17-16(18-8-2-10-20-12-14-4-5-14)19-9-3-11-21-13-15-6-7-15/h14-15H,2-13H2,1H3,(H2,17,18,19). The van der Waals surface area contributed by atoms with Gasteiger partial charge in [0.15, 0.2) is 5.96 Å². The van der Waals surface area contributed by atoms with Crippen molar-refractivity contribution >= 4 is 5.96 Å². The van der Waals surface area contributed by atoms with Crippen LogP contribution in [0.15, 0.2) is 4.99 Å². The van der Waals surface area contributed by atoms with Crippen LogP contribution < -0.4 is 10.6 Å². The summed E-state index contributed by atoms with van der Waals surface area (Å²) in [6, 6.07) is 0. The molecule has 21 heavy (non-hydrogen) atoms. The predicted molar refractivity (Wildman–Crippen MR) is 85.7 cm³/mol. The number of aliphatic imine (C=N–C) groups is 1. The molecular weight excluding hydrogens is 266 g/mol. The Hall–Kier alpha value is -0.810. The number of guanidine groups is 1. The van der Waals surface area contributed by atoms with Crippen LogP contribution in [0.2, 0.25) is 0 Å². The van der Waals surface area contributed by atoms with Gasteiger partial charge in [-0.3, -0.25) is 4.99 Å². The van der Waals surface area contributed by atoms with Crippen LogP contribution in [-0.2, 0) is 9.47 Å². The van der Waals surface area contributed by atoms with E-state index in [1.165, 1.54) is 25.7 Å². The van der Waals surface area contributed by atoms with Crippen LogP contribution in [0, 0.1) is 11.8 Å². The van der Waals surface area contributed by atoms with Gasteiger partial charge >= 0.3 is 0 Å². The first-order valence-corrected chi connectivity index (χ1v) is 8.48. The molecule has 2 saturated carbocycles. The molecule has 2 aliphatic carbocycles. The molecule has 0 amide bonds. The van der Waals surface area contributed by atoms with Crippen LogP contribution in [-0.4, -0.2) is 52.5 Å². The van der Waals surface area contributed by atoms with Crippen molar-refractivity contribution in [3.63, 3.8) is 0 Å². The molecule has 0 aliphatic heterocycles. The third-order valence-corrected chi connectivity index (χ3v) is 3.84. The average Bonchev–Trinajstić information content (AvgIpc) is 3.37. The second-order valence-corrected chi connectivity index (χ2v) is 6.17. The molecule has 5 heteroatoms. The second-order valence-electron chi connectivity index (χ2n) is 6.17. The molecule has 0 heterocycles. The quantitative estimate of drug-likeness (QED) is 0.327. The van der Waals surface area contributed by atoms with Crippen LogP contribution >= 0.6 is 0 Å². The smallest absolute Gasteiger partial charge is 0.190 e. The third kappa shape index (κ3) is 8.94. The topological polar surface area (TPSA) is 54.9 Å². The Kier molecular flexibility index (Phi) is 7.89. The van der Waals surface area contributed by atoms with E-state index in [1.54, 1.807) is 0 Å². The molecule has 2 rings (SSSR count). The molecule has 0 unspecified atom stereocenters. The molecule has 0 aromatic carbocycles. The van der Waals surface area contributed by atoms with E-state index in [-0.39, 0.29) is 0 Å². The van der Waals surface area contributed by atoms with Crippen molar-refractivity contribution in [1.29, 1.82) is 0 Å². The molecule has 0 saturated heterocycles. The summed E-state index contributed by atoms with van der Waals surface area (Å²) in [5, 5.41) is 6.62. The minimum atomic E-state index is 0.843. The number of hydrogen-bond acceptors (Lipinski definition) is 3. The maximum atomic E-state index is 5.61. The summed E-state index contributed by atoms with van der Waals surface area (Å²) in [4.78, 5) is 4.21.